The Morgan fingerprint density at radius 1 is 1.11 bits per heavy atom. The molecular weight excluding hydrogens is 234 g/mol. The third-order valence-corrected chi connectivity index (χ3v) is 2.52. The molecule has 0 aliphatic rings. The molecule has 0 heterocycles. The van der Waals surface area contributed by atoms with Gasteiger partial charge in [-0.3, -0.25) is 9.59 Å². The number of carbonyl (C=O) groups excluding carboxylic acids is 2. The zero-order chi connectivity index (χ0) is 14.2. The second-order valence-corrected chi connectivity index (χ2v) is 5.21. The van der Waals surface area contributed by atoms with Crippen molar-refractivity contribution in [1.82, 2.24) is 4.90 Å². The molecule has 0 aliphatic heterocycles. The van der Waals surface area contributed by atoms with E-state index in [4.69, 9.17) is 4.74 Å². The third-order valence-electron chi connectivity index (χ3n) is 2.52. The summed E-state index contributed by atoms with van der Waals surface area (Å²) in [5.74, 6) is -0.254. The average Bonchev–Trinajstić information content (AvgIpc) is 2.31. The topological polar surface area (TPSA) is 55.8 Å². The number of amides is 1. The highest BCUT2D eigenvalue weighted by Crippen LogP contribution is 2.17. The van der Waals surface area contributed by atoms with Gasteiger partial charge in [-0.25, -0.2) is 0 Å². The third kappa shape index (κ3) is 6.59. The van der Waals surface area contributed by atoms with Crippen LogP contribution in [0.5, 0.6) is 0 Å². The second-order valence-electron chi connectivity index (χ2n) is 5.21. The summed E-state index contributed by atoms with van der Waals surface area (Å²) in [5.41, 5.74) is -0.441. The van der Waals surface area contributed by atoms with Crippen molar-refractivity contribution in [3.05, 3.63) is 0 Å². The van der Waals surface area contributed by atoms with Crippen LogP contribution in [0.2, 0.25) is 0 Å². The summed E-state index contributed by atoms with van der Waals surface area (Å²) in [6.07, 6.45) is 0.991. The molecular formula is C13H25NO4. The van der Waals surface area contributed by atoms with Crippen molar-refractivity contribution in [2.75, 3.05) is 33.9 Å². The van der Waals surface area contributed by atoms with Crippen LogP contribution in [-0.2, 0) is 19.1 Å². The Morgan fingerprint density at radius 2 is 1.72 bits per heavy atom. The van der Waals surface area contributed by atoms with Crippen molar-refractivity contribution in [3.63, 3.8) is 0 Å². The maximum Gasteiger partial charge on any atom is 0.307 e. The van der Waals surface area contributed by atoms with Gasteiger partial charge in [0.2, 0.25) is 5.91 Å². The van der Waals surface area contributed by atoms with Gasteiger partial charge in [-0.2, -0.15) is 0 Å². The molecule has 0 unspecified atom stereocenters. The molecule has 1 amide bonds. The van der Waals surface area contributed by atoms with Crippen LogP contribution in [0.4, 0.5) is 0 Å². The Balaban J connectivity index is 4.42. The van der Waals surface area contributed by atoms with E-state index in [9.17, 15) is 9.59 Å². The molecule has 0 bridgehead atoms. The van der Waals surface area contributed by atoms with Crippen LogP contribution in [0, 0.1) is 5.41 Å². The molecule has 0 rings (SSSR count). The molecule has 0 spiro atoms. The number of rotatable bonds is 7. The molecule has 0 aromatic rings. The predicted octanol–water partition coefficient (Wildman–Crippen LogP) is 1.46. The SMILES string of the molecule is COCCCN(CCC(=O)OC)C(=O)C(C)(C)C. The molecule has 0 aromatic carbocycles. The van der Waals surface area contributed by atoms with E-state index in [1.54, 1.807) is 12.0 Å². The van der Waals surface area contributed by atoms with Crippen LogP contribution in [0.25, 0.3) is 0 Å². The predicted molar refractivity (Wildman–Crippen MR) is 69.2 cm³/mol. The van der Waals surface area contributed by atoms with Crippen molar-refractivity contribution in [2.24, 2.45) is 5.41 Å². The van der Waals surface area contributed by atoms with Crippen molar-refractivity contribution < 1.29 is 19.1 Å². The molecule has 0 aliphatic carbocycles. The van der Waals surface area contributed by atoms with Crippen LogP contribution in [0.15, 0.2) is 0 Å². The zero-order valence-corrected chi connectivity index (χ0v) is 12.1. The van der Waals surface area contributed by atoms with E-state index in [0.717, 1.165) is 6.42 Å². The van der Waals surface area contributed by atoms with E-state index in [0.29, 0.717) is 19.7 Å². The fourth-order valence-electron chi connectivity index (χ4n) is 1.52. The fourth-order valence-corrected chi connectivity index (χ4v) is 1.52. The van der Waals surface area contributed by atoms with Crippen molar-refractivity contribution in [2.45, 2.75) is 33.6 Å². The molecule has 0 radical (unpaired) electrons. The van der Waals surface area contributed by atoms with Gasteiger partial charge in [0.1, 0.15) is 0 Å². The van der Waals surface area contributed by atoms with E-state index in [1.807, 2.05) is 20.8 Å². The van der Waals surface area contributed by atoms with Crippen LogP contribution < -0.4 is 0 Å². The Labute approximate surface area is 109 Å². The Kier molecular flexibility index (Phi) is 7.59. The van der Waals surface area contributed by atoms with Crippen LogP contribution >= 0.6 is 0 Å². The Hall–Kier alpha value is -1.10. The summed E-state index contributed by atoms with van der Waals surface area (Å²) in [4.78, 5) is 25.0. The minimum Gasteiger partial charge on any atom is -0.469 e. The minimum absolute atomic E-state index is 0.0440. The first kappa shape index (κ1) is 16.9. The van der Waals surface area contributed by atoms with Gasteiger partial charge in [0.25, 0.3) is 0 Å². The summed E-state index contributed by atoms with van der Waals surface area (Å²) in [7, 11) is 2.98. The van der Waals surface area contributed by atoms with Gasteiger partial charge >= 0.3 is 5.97 Å². The molecule has 0 N–H and O–H groups in total. The standard InChI is InChI=1S/C13H25NO4/c1-13(2,3)12(16)14(8-6-10-17-4)9-7-11(15)18-5/h6-10H2,1-5H3. The molecule has 5 nitrogen and oxygen atoms in total. The number of hydrogen-bond acceptors (Lipinski definition) is 4. The smallest absolute Gasteiger partial charge is 0.307 e. The van der Waals surface area contributed by atoms with Crippen molar-refractivity contribution in [3.8, 4) is 0 Å². The largest absolute Gasteiger partial charge is 0.469 e. The van der Waals surface area contributed by atoms with Crippen molar-refractivity contribution >= 4 is 11.9 Å². The van der Waals surface area contributed by atoms with Gasteiger partial charge in [-0.1, -0.05) is 20.8 Å². The van der Waals surface area contributed by atoms with E-state index < -0.39 is 5.41 Å². The molecule has 0 fully saturated rings. The van der Waals surface area contributed by atoms with E-state index in [1.165, 1.54) is 7.11 Å². The van der Waals surface area contributed by atoms with Gasteiger partial charge in [0.05, 0.1) is 13.5 Å². The summed E-state index contributed by atoms with van der Waals surface area (Å²) in [5, 5.41) is 0. The summed E-state index contributed by atoms with van der Waals surface area (Å²) < 4.78 is 9.56. The van der Waals surface area contributed by atoms with Gasteiger partial charge in [0, 0.05) is 32.2 Å². The lowest BCUT2D eigenvalue weighted by Gasteiger charge is -2.29. The maximum atomic E-state index is 12.2. The molecule has 0 atom stereocenters. The first-order chi connectivity index (χ1) is 8.32. The number of esters is 1. The van der Waals surface area contributed by atoms with E-state index >= 15 is 0 Å². The number of methoxy groups -OCH3 is 2. The quantitative estimate of drug-likeness (QED) is 0.513. The summed E-state index contributed by atoms with van der Waals surface area (Å²) >= 11 is 0. The Morgan fingerprint density at radius 3 is 2.17 bits per heavy atom. The summed E-state index contributed by atoms with van der Waals surface area (Å²) in [6.45, 7) is 7.21. The van der Waals surface area contributed by atoms with Crippen molar-refractivity contribution in [1.29, 1.82) is 0 Å². The summed E-state index contributed by atoms with van der Waals surface area (Å²) in [6, 6.07) is 0. The van der Waals surface area contributed by atoms with Gasteiger partial charge in [0.15, 0.2) is 0 Å². The van der Waals surface area contributed by atoms with Crippen LogP contribution in [0.1, 0.15) is 33.6 Å². The molecule has 0 saturated carbocycles. The molecule has 0 aromatic heterocycles. The molecule has 0 saturated heterocycles. The van der Waals surface area contributed by atoms with Crippen LogP contribution in [0.3, 0.4) is 0 Å². The van der Waals surface area contributed by atoms with E-state index in [-0.39, 0.29) is 18.3 Å². The van der Waals surface area contributed by atoms with E-state index in [2.05, 4.69) is 4.74 Å². The normalized spacial score (nSPS) is 11.2. The maximum absolute atomic E-state index is 12.2. The lowest BCUT2D eigenvalue weighted by molar-refractivity contribution is -0.143. The van der Waals surface area contributed by atoms with Crippen LogP contribution in [-0.4, -0.2) is 50.7 Å². The molecule has 106 valence electrons. The lowest BCUT2D eigenvalue weighted by Crippen LogP contribution is -2.41. The Bertz CT molecular complexity index is 271. The highest BCUT2D eigenvalue weighted by atomic mass is 16.5. The number of carbonyl (C=O) groups is 2. The highest BCUT2D eigenvalue weighted by molar-refractivity contribution is 5.82. The van der Waals surface area contributed by atoms with Gasteiger partial charge in [-0.05, 0) is 6.42 Å². The monoisotopic (exact) mass is 259 g/mol. The van der Waals surface area contributed by atoms with Gasteiger partial charge in [-0.15, -0.1) is 0 Å². The molecule has 5 heteroatoms. The average molecular weight is 259 g/mol. The van der Waals surface area contributed by atoms with Gasteiger partial charge < -0.3 is 14.4 Å². The number of ether oxygens (including phenoxy) is 2. The number of hydrogen-bond donors (Lipinski definition) is 0. The fraction of sp³-hybridized carbons (Fsp3) is 0.846. The first-order valence-electron chi connectivity index (χ1n) is 6.18. The highest BCUT2D eigenvalue weighted by Gasteiger charge is 2.27. The zero-order valence-electron chi connectivity index (χ0n) is 12.1. The lowest BCUT2D eigenvalue weighted by atomic mass is 9.94. The second kappa shape index (κ2) is 8.08. The first-order valence-corrected chi connectivity index (χ1v) is 6.18. The molecule has 18 heavy (non-hydrogen) atoms. The number of nitrogens with zero attached hydrogens (tertiary/aromatic N) is 1. The minimum atomic E-state index is -0.441.